The van der Waals surface area contributed by atoms with Crippen LogP contribution in [0.15, 0.2) is 89.0 Å². The number of rotatable bonds is 19. The van der Waals surface area contributed by atoms with Crippen LogP contribution in [-0.4, -0.2) is 133 Å². The lowest BCUT2D eigenvalue weighted by atomic mass is 10.2. The van der Waals surface area contributed by atoms with Crippen LogP contribution in [0, 0.1) is 38.2 Å². The quantitative estimate of drug-likeness (QED) is 0.0172. The Bertz CT molecular complexity index is 3640. The molecule has 418 valence electrons. The number of anilines is 3. The van der Waals surface area contributed by atoms with E-state index in [0.717, 1.165) is 69.0 Å². The van der Waals surface area contributed by atoms with Crippen molar-refractivity contribution in [2.45, 2.75) is 33.6 Å². The van der Waals surface area contributed by atoms with Crippen molar-refractivity contribution < 1.29 is 51.7 Å². The highest BCUT2D eigenvalue weighted by atomic mass is 19.1. The number of oxime groups is 3. The minimum absolute atomic E-state index is 0.00388. The fourth-order valence-corrected chi connectivity index (χ4v) is 7.99. The summed E-state index contributed by atoms with van der Waals surface area (Å²) in [5.41, 5.74) is 22.8. The number of nitrogens with two attached hydrogens (primary N) is 3. The molecule has 0 radical (unpaired) electrons. The van der Waals surface area contributed by atoms with Gasteiger partial charge in [0.05, 0.1) is 38.5 Å². The maximum atomic E-state index is 14.9. The second kappa shape index (κ2) is 27.1. The lowest BCUT2D eigenvalue weighted by Gasteiger charge is -2.26. The number of aryl methyl sites for hydroxylation is 3. The Morgan fingerprint density at radius 1 is 0.575 bits per heavy atom. The van der Waals surface area contributed by atoms with E-state index in [-0.39, 0.29) is 70.1 Å². The zero-order chi connectivity index (χ0) is 56.5. The third-order valence-corrected chi connectivity index (χ3v) is 11.9. The first-order chi connectivity index (χ1) is 38.8. The van der Waals surface area contributed by atoms with Crippen molar-refractivity contribution in [3.63, 3.8) is 0 Å². The lowest BCUT2D eigenvalue weighted by molar-refractivity contribution is 0.0358. The van der Waals surface area contributed by atoms with E-state index in [1.807, 2.05) is 20.8 Å². The van der Waals surface area contributed by atoms with Crippen molar-refractivity contribution in [1.82, 2.24) is 49.8 Å². The molecule has 10 rings (SSSR count). The summed E-state index contributed by atoms with van der Waals surface area (Å²) in [6.07, 6.45) is 9.29. The first-order valence-electron chi connectivity index (χ1n) is 24.8. The molecule has 7 heterocycles. The molecule has 0 unspecified atom stereocenters. The first kappa shape index (κ1) is 56.6. The normalized spacial score (nSPS) is 12.8. The Labute approximate surface area is 454 Å². The first-order valence-corrected chi connectivity index (χ1v) is 24.8. The zero-order valence-corrected chi connectivity index (χ0v) is 43.9. The third-order valence-electron chi connectivity index (χ3n) is 11.9. The van der Waals surface area contributed by atoms with E-state index < -0.39 is 17.5 Å². The molecule has 1 saturated heterocycles. The molecule has 0 bridgehead atoms. The van der Waals surface area contributed by atoms with Gasteiger partial charge in [-0.2, -0.15) is 0 Å². The van der Waals surface area contributed by atoms with Gasteiger partial charge in [0.15, 0.2) is 34.7 Å². The monoisotopic (exact) mass is 1100 g/mol. The summed E-state index contributed by atoms with van der Waals surface area (Å²) in [6.45, 7) is 11.3. The summed E-state index contributed by atoms with van der Waals surface area (Å²) >= 11 is 0. The molecule has 3 aromatic carbocycles. The summed E-state index contributed by atoms with van der Waals surface area (Å²) < 4.78 is 71.1. The number of methoxy groups -OCH3 is 1. The van der Waals surface area contributed by atoms with Crippen LogP contribution in [-0.2, 0) is 19.1 Å². The molecule has 9 aromatic rings. The van der Waals surface area contributed by atoms with Crippen molar-refractivity contribution in [3.8, 4) is 34.9 Å². The van der Waals surface area contributed by atoms with Crippen LogP contribution in [0.3, 0.4) is 0 Å². The van der Waals surface area contributed by atoms with Crippen LogP contribution < -0.4 is 31.4 Å². The van der Waals surface area contributed by atoms with Crippen LogP contribution >= 0.6 is 0 Å². The molecular formula is C53H57F3N16O8. The molecule has 0 atom stereocenters. The van der Waals surface area contributed by atoms with Gasteiger partial charge >= 0.3 is 0 Å². The molecule has 1 fully saturated rings. The minimum atomic E-state index is -0.522. The van der Waals surface area contributed by atoms with Gasteiger partial charge in [0.1, 0.15) is 66.3 Å². The SMILES string of the molecule is COCCO/N=C/c1c(N)ncnc1Oc1ccc2[nH]c(C)cc2c1F.Cc1cc2c(F)c(Oc3ncnc(N)c3/C=N/O)ccc2[nH]1.Cc1cc2c(F)c(Oc3ncnc(N)c3/C=N/OCCCCN3CCOCC3)ccc2[nH]1. The number of unbranched alkanes of at least 4 members (excludes halogenated alkanes) is 1. The molecule has 0 aliphatic carbocycles. The van der Waals surface area contributed by atoms with Gasteiger partial charge in [-0.3, -0.25) is 4.90 Å². The molecule has 27 heteroatoms. The van der Waals surface area contributed by atoms with Crippen LogP contribution in [0.25, 0.3) is 32.7 Å². The summed E-state index contributed by atoms with van der Waals surface area (Å²) in [5.74, 6) is -0.947. The van der Waals surface area contributed by atoms with E-state index in [1.165, 1.54) is 49.6 Å². The van der Waals surface area contributed by atoms with Gasteiger partial charge in [-0.05, 0) is 94.8 Å². The number of aromatic amines is 3. The Morgan fingerprint density at radius 3 is 1.38 bits per heavy atom. The largest absolute Gasteiger partial charge is 0.435 e. The van der Waals surface area contributed by atoms with Crippen LogP contribution in [0.1, 0.15) is 46.6 Å². The average molecular weight is 1100 g/mol. The zero-order valence-electron chi connectivity index (χ0n) is 43.9. The number of nitrogens with one attached hydrogen (secondary N) is 3. The number of fused-ring (bicyclic) bond motifs is 3. The highest BCUT2D eigenvalue weighted by Crippen LogP contribution is 2.35. The summed E-state index contributed by atoms with van der Waals surface area (Å²) in [7, 11) is 1.55. The second-order valence-corrected chi connectivity index (χ2v) is 17.6. The smallest absolute Gasteiger partial charge is 0.233 e. The molecule has 0 amide bonds. The molecule has 80 heavy (non-hydrogen) atoms. The van der Waals surface area contributed by atoms with E-state index in [2.05, 4.69) is 65.2 Å². The van der Waals surface area contributed by atoms with Gasteiger partial charge in [-0.15, -0.1) is 0 Å². The number of hydrogen-bond donors (Lipinski definition) is 7. The number of halogens is 3. The number of aromatic nitrogens is 9. The summed E-state index contributed by atoms with van der Waals surface area (Å²) in [6, 6.07) is 14.8. The molecule has 1 aliphatic heterocycles. The van der Waals surface area contributed by atoms with E-state index >= 15 is 0 Å². The highest BCUT2D eigenvalue weighted by molar-refractivity contribution is 5.90. The topological polar surface area (TPSA) is 328 Å². The number of nitrogens with zero attached hydrogens (tertiary/aromatic N) is 10. The van der Waals surface area contributed by atoms with Crippen molar-refractivity contribution >= 4 is 68.8 Å². The third kappa shape index (κ3) is 14.3. The van der Waals surface area contributed by atoms with E-state index in [1.54, 1.807) is 43.5 Å². The fourth-order valence-electron chi connectivity index (χ4n) is 7.99. The molecule has 1 aliphatic rings. The maximum Gasteiger partial charge on any atom is 0.233 e. The molecule has 0 saturated carbocycles. The Balaban J connectivity index is 0.000000161. The standard InChI is InChI=1S/C22H27FN6O3.C17H18FN5O3.C14H12FN5O2/c1-15-12-16-18(28-15)4-5-19(20(16)23)32-22-17(21(24)25-14-26-22)13-27-31-9-3-2-6-29-7-10-30-11-8-29;1-10-7-11-13(23-10)3-4-14(15(11)18)26-17-12(16(19)20-9-21-17)8-22-25-6-5-24-2;1-7-4-8-10(20-7)2-3-11(12(8)15)22-14-9(5-19-21)13(16)17-6-18-14/h4-5,12-14,28H,2-3,6-11H2,1H3,(H2,24,25,26);3-4,7-9,23H,5-6H2,1-2H3,(H2,19,20,21);2-6,20-21H,1H3,(H2,16,17,18)/b27-13+;22-8+;19-5+. The van der Waals surface area contributed by atoms with Gasteiger partial charge < -0.3 is 70.7 Å². The van der Waals surface area contributed by atoms with Crippen LogP contribution in [0.2, 0.25) is 0 Å². The van der Waals surface area contributed by atoms with Crippen LogP contribution in [0.4, 0.5) is 30.6 Å². The van der Waals surface area contributed by atoms with Gasteiger partial charge in [0, 0.05) is 70.0 Å². The predicted octanol–water partition coefficient (Wildman–Crippen LogP) is 8.61. The van der Waals surface area contributed by atoms with Crippen LogP contribution in [0.5, 0.6) is 34.9 Å². The number of H-pyrrole nitrogens is 3. The minimum Gasteiger partial charge on any atom is -0.435 e. The van der Waals surface area contributed by atoms with Gasteiger partial charge in [-0.1, -0.05) is 15.5 Å². The van der Waals surface area contributed by atoms with E-state index in [0.29, 0.717) is 51.5 Å². The summed E-state index contributed by atoms with van der Waals surface area (Å²) in [5, 5.41) is 20.6. The number of ether oxygens (including phenoxy) is 5. The van der Waals surface area contributed by atoms with Crippen molar-refractivity contribution in [1.29, 1.82) is 0 Å². The predicted molar refractivity (Wildman–Crippen MR) is 293 cm³/mol. The Hall–Kier alpha value is -9.60. The molecule has 0 spiro atoms. The molecule has 24 nitrogen and oxygen atoms in total. The van der Waals surface area contributed by atoms with Crippen molar-refractivity contribution in [3.05, 3.63) is 125 Å². The number of nitrogen functional groups attached to an aromatic ring is 3. The number of benzene rings is 3. The maximum absolute atomic E-state index is 14.9. The highest BCUT2D eigenvalue weighted by Gasteiger charge is 2.19. The lowest BCUT2D eigenvalue weighted by Crippen LogP contribution is -2.36. The molecule has 10 N–H and O–H groups in total. The summed E-state index contributed by atoms with van der Waals surface area (Å²) in [4.78, 5) is 45.6. The van der Waals surface area contributed by atoms with Crippen molar-refractivity contribution in [2.75, 3.05) is 77.0 Å². The van der Waals surface area contributed by atoms with Gasteiger partial charge in [0.25, 0.3) is 0 Å². The van der Waals surface area contributed by atoms with Crippen molar-refractivity contribution in [2.24, 2.45) is 15.5 Å². The molecule has 6 aromatic heterocycles. The number of morpholine rings is 1. The second-order valence-electron chi connectivity index (χ2n) is 17.6. The van der Waals surface area contributed by atoms with E-state index in [9.17, 15) is 13.2 Å². The molecular weight excluding hydrogens is 1050 g/mol. The Morgan fingerprint density at radius 2 is 0.975 bits per heavy atom. The van der Waals surface area contributed by atoms with Gasteiger partial charge in [0.2, 0.25) is 17.6 Å². The fraction of sp³-hybridized carbons (Fsp3) is 0.264. The Kier molecular flexibility index (Phi) is 19.2. The number of hydrogen-bond acceptors (Lipinski definition) is 21. The van der Waals surface area contributed by atoms with Gasteiger partial charge in [-0.25, -0.2) is 43.1 Å². The average Bonchev–Trinajstić information content (AvgIpc) is 4.17. The van der Waals surface area contributed by atoms with E-state index in [4.69, 9.17) is 55.8 Å².